The molecule has 0 N–H and O–H groups in total. The van der Waals surface area contributed by atoms with Crippen LogP contribution in [0.3, 0.4) is 0 Å². The monoisotopic (exact) mass is 332 g/mol. The first kappa shape index (κ1) is 17.0. The van der Waals surface area contributed by atoms with Gasteiger partial charge in [-0.3, -0.25) is 4.79 Å². The van der Waals surface area contributed by atoms with E-state index >= 15 is 0 Å². The molecule has 0 saturated carbocycles. The molecule has 0 heterocycles. The van der Waals surface area contributed by atoms with Crippen LogP contribution in [-0.2, 0) is 4.79 Å². The van der Waals surface area contributed by atoms with Gasteiger partial charge in [-0.25, -0.2) is 0 Å². The van der Waals surface area contributed by atoms with Gasteiger partial charge in [0.2, 0.25) is 5.91 Å². The molecule has 0 aromatic heterocycles. The third-order valence-corrected chi connectivity index (χ3v) is 4.80. The van der Waals surface area contributed by atoms with Crippen LogP contribution in [0.2, 0.25) is 0 Å². The Balaban J connectivity index is 1.70. The van der Waals surface area contributed by atoms with Crippen LogP contribution < -0.4 is 4.90 Å². The summed E-state index contributed by atoms with van der Waals surface area (Å²) in [6.45, 7) is 2.41. The van der Waals surface area contributed by atoms with E-state index in [0.29, 0.717) is 6.54 Å². The van der Waals surface area contributed by atoms with E-state index in [1.807, 2.05) is 54.2 Å². The van der Waals surface area contributed by atoms with Gasteiger partial charge >= 0.3 is 0 Å². The summed E-state index contributed by atoms with van der Waals surface area (Å²) in [7, 11) is 3.83. The standard InChI is InChI=1S/C22H24N2O/c1-17(18-9-5-4-6-10-18)24(3)22(25)16-23(2)21-14-13-19-11-7-8-12-20(19)15-21/h4-15,17H,16H2,1-3H3/t17-/m1/s1. The second kappa shape index (κ2) is 7.39. The second-order valence-electron chi connectivity index (χ2n) is 6.48. The number of hydrogen-bond acceptors (Lipinski definition) is 2. The maximum atomic E-state index is 12.7. The van der Waals surface area contributed by atoms with Gasteiger partial charge in [0.25, 0.3) is 0 Å². The molecule has 25 heavy (non-hydrogen) atoms. The molecule has 0 aliphatic rings. The zero-order valence-electron chi connectivity index (χ0n) is 15.0. The molecule has 0 unspecified atom stereocenters. The summed E-state index contributed by atoms with van der Waals surface area (Å²) in [5.41, 5.74) is 2.19. The first-order valence-corrected chi connectivity index (χ1v) is 8.57. The number of hydrogen-bond donors (Lipinski definition) is 0. The van der Waals surface area contributed by atoms with Crippen molar-refractivity contribution in [2.75, 3.05) is 25.5 Å². The number of nitrogens with zero attached hydrogens (tertiary/aromatic N) is 2. The first-order valence-electron chi connectivity index (χ1n) is 8.57. The summed E-state index contributed by atoms with van der Waals surface area (Å²) in [5, 5.41) is 2.39. The van der Waals surface area contributed by atoms with Crippen molar-refractivity contribution >= 4 is 22.4 Å². The Morgan fingerprint density at radius 1 is 0.880 bits per heavy atom. The minimum Gasteiger partial charge on any atom is -0.365 e. The summed E-state index contributed by atoms with van der Waals surface area (Å²) in [6, 6.07) is 24.7. The van der Waals surface area contributed by atoms with Crippen LogP contribution in [-0.4, -0.2) is 31.4 Å². The molecule has 0 saturated heterocycles. The fraction of sp³-hybridized carbons (Fsp3) is 0.227. The Bertz CT molecular complexity index is 860. The van der Waals surface area contributed by atoms with E-state index in [4.69, 9.17) is 0 Å². The predicted molar refractivity (Wildman–Crippen MR) is 105 cm³/mol. The van der Waals surface area contributed by atoms with E-state index in [1.54, 1.807) is 0 Å². The molecule has 0 aliphatic carbocycles. The minimum absolute atomic E-state index is 0.0544. The van der Waals surface area contributed by atoms with Crippen molar-refractivity contribution in [3.05, 3.63) is 78.4 Å². The van der Waals surface area contributed by atoms with E-state index < -0.39 is 0 Å². The molecule has 0 aliphatic heterocycles. The van der Waals surface area contributed by atoms with E-state index in [2.05, 4.69) is 49.4 Å². The van der Waals surface area contributed by atoms with Crippen LogP contribution in [0, 0.1) is 0 Å². The quantitative estimate of drug-likeness (QED) is 0.687. The fourth-order valence-corrected chi connectivity index (χ4v) is 2.99. The van der Waals surface area contributed by atoms with Gasteiger partial charge in [-0.15, -0.1) is 0 Å². The summed E-state index contributed by atoms with van der Waals surface area (Å²) in [5.74, 6) is 0.104. The van der Waals surface area contributed by atoms with Crippen LogP contribution in [0.15, 0.2) is 72.8 Å². The maximum absolute atomic E-state index is 12.7. The summed E-state index contributed by atoms with van der Waals surface area (Å²) < 4.78 is 0. The lowest BCUT2D eigenvalue weighted by atomic mass is 10.1. The average molecular weight is 332 g/mol. The third kappa shape index (κ3) is 3.82. The highest BCUT2D eigenvalue weighted by molar-refractivity contribution is 5.87. The number of benzene rings is 3. The Kier molecular flexibility index (Phi) is 5.03. The molecule has 3 aromatic carbocycles. The number of likely N-dealkylation sites (N-methyl/N-ethyl adjacent to an activating group) is 2. The highest BCUT2D eigenvalue weighted by Crippen LogP contribution is 2.22. The van der Waals surface area contributed by atoms with Crippen molar-refractivity contribution in [3.8, 4) is 0 Å². The lowest BCUT2D eigenvalue weighted by molar-refractivity contribution is -0.130. The topological polar surface area (TPSA) is 23.6 Å². The molecule has 0 spiro atoms. The highest BCUT2D eigenvalue weighted by Gasteiger charge is 2.18. The Hall–Kier alpha value is -2.81. The highest BCUT2D eigenvalue weighted by atomic mass is 16.2. The zero-order chi connectivity index (χ0) is 17.8. The van der Waals surface area contributed by atoms with E-state index in [1.165, 1.54) is 10.8 Å². The lowest BCUT2D eigenvalue weighted by Crippen LogP contribution is -2.38. The molecule has 0 radical (unpaired) electrons. The Morgan fingerprint density at radius 2 is 1.52 bits per heavy atom. The Labute approximate surface area is 149 Å². The molecular weight excluding hydrogens is 308 g/mol. The number of carbonyl (C=O) groups excluding carboxylic acids is 1. The van der Waals surface area contributed by atoms with Gasteiger partial charge < -0.3 is 9.80 Å². The van der Waals surface area contributed by atoms with Crippen molar-refractivity contribution in [1.82, 2.24) is 4.90 Å². The molecule has 0 bridgehead atoms. The SMILES string of the molecule is C[C@H](c1ccccc1)N(C)C(=O)CN(C)c1ccc2ccccc2c1. The van der Waals surface area contributed by atoms with Gasteiger partial charge in [-0.05, 0) is 35.4 Å². The average Bonchev–Trinajstić information content (AvgIpc) is 2.67. The van der Waals surface area contributed by atoms with Crippen molar-refractivity contribution in [3.63, 3.8) is 0 Å². The first-order chi connectivity index (χ1) is 12.1. The smallest absolute Gasteiger partial charge is 0.242 e. The van der Waals surface area contributed by atoms with Crippen molar-refractivity contribution < 1.29 is 4.79 Å². The van der Waals surface area contributed by atoms with Crippen molar-refractivity contribution in [2.45, 2.75) is 13.0 Å². The lowest BCUT2D eigenvalue weighted by Gasteiger charge is -2.28. The molecule has 1 atom stereocenters. The predicted octanol–water partition coefficient (Wildman–Crippen LogP) is 4.50. The van der Waals surface area contributed by atoms with E-state index in [-0.39, 0.29) is 11.9 Å². The van der Waals surface area contributed by atoms with Gasteiger partial charge in [0.05, 0.1) is 12.6 Å². The third-order valence-electron chi connectivity index (χ3n) is 4.80. The molecule has 128 valence electrons. The molecule has 3 rings (SSSR count). The summed E-state index contributed by atoms with van der Waals surface area (Å²) >= 11 is 0. The molecule has 1 amide bonds. The maximum Gasteiger partial charge on any atom is 0.242 e. The van der Waals surface area contributed by atoms with E-state index in [9.17, 15) is 4.79 Å². The fourth-order valence-electron chi connectivity index (χ4n) is 2.99. The number of rotatable bonds is 5. The second-order valence-corrected chi connectivity index (χ2v) is 6.48. The molecular formula is C22H24N2O. The zero-order valence-corrected chi connectivity index (χ0v) is 15.0. The van der Waals surface area contributed by atoms with Crippen LogP contribution in [0.1, 0.15) is 18.5 Å². The largest absolute Gasteiger partial charge is 0.365 e. The Morgan fingerprint density at radius 3 is 2.24 bits per heavy atom. The molecule has 3 aromatic rings. The summed E-state index contributed by atoms with van der Waals surface area (Å²) in [6.07, 6.45) is 0. The summed E-state index contributed by atoms with van der Waals surface area (Å²) in [4.78, 5) is 16.5. The van der Waals surface area contributed by atoms with Gasteiger partial charge in [-0.2, -0.15) is 0 Å². The number of fused-ring (bicyclic) bond motifs is 1. The van der Waals surface area contributed by atoms with Crippen molar-refractivity contribution in [2.24, 2.45) is 0 Å². The number of amides is 1. The number of anilines is 1. The van der Waals surface area contributed by atoms with Crippen LogP contribution in [0.4, 0.5) is 5.69 Å². The minimum atomic E-state index is 0.0544. The molecule has 3 nitrogen and oxygen atoms in total. The van der Waals surface area contributed by atoms with Crippen LogP contribution in [0.5, 0.6) is 0 Å². The normalized spacial score (nSPS) is 12.0. The van der Waals surface area contributed by atoms with Crippen LogP contribution >= 0.6 is 0 Å². The van der Waals surface area contributed by atoms with E-state index in [0.717, 1.165) is 11.3 Å². The van der Waals surface area contributed by atoms with Gasteiger partial charge in [0, 0.05) is 19.8 Å². The molecule has 3 heteroatoms. The van der Waals surface area contributed by atoms with Gasteiger partial charge in [0.1, 0.15) is 0 Å². The van der Waals surface area contributed by atoms with Gasteiger partial charge in [-0.1, -0.05) is 60.7 Å². The van der Waals surface area contributed by atoms with Crippen molar-refractivity contribution in [1.29, 1.82) is 0 Å². The van der Waals surface area contributed by atoms with Crippen LogP contribution in [0.25, 0.3) is 10.8 Å². The van der Waals surface area contributed by atoms with Gasteiger partial charge in [0.15, 0.2) is 0 Å². The number of carbonyl (C=O) groups is 1. The molecule has 0 fully saturated rings.